The lowest BCUT2D eigenvalue weighted by Crippen LogP contribution is -2.42. The summed E-state index contributed by atoms with van der Waals surface area (Å²) < 4.78 is 10.2. The van der Waals surface area contributed by atoms with Crippen LogP contribution >= 0.6 is 0 Å². The van der Waals surface area contributed by atoms with Gasteiger partial charge in [-0.2, -0.15) is 0 Å². The monoisotopic (exact) mass is 599 g/mol. The first-order valence-electron chi connectivity index (χ1n) is 15.1. The Balaban J connectivity index is 0.000000694. The van der Waals surface area contributed by atoms with E-state index in [-0.39, 0.29) is 18.1 Å². The average molecular weight is 600 g/mol. The third kappa shape index (κ3) is 17.7. The molecule has 0 aromatic rings. The third-order valence-electron chi connectivity index (χ3n) is 6.16. The van der Waals surface area contributed by atoms with Crippen LogP contribution in [0.2, 0.25) is 0 Å². The molecule has 1 saturated heterocycles. The molecule has 10 heteroatoms. The van der Waals surface area contributed by atoms with Gasteiger partial charge in [-0.3, -0.25) is 20.3 Å². The molecule has 10 nitrogen and oxygen atoms in total. The highest BCUT2D eigenvalue weighted by Crippen LogP contribution is 2.20. The van der Waals surface area contributed by atoms with Crippen molar-refractivity contribution in [3.8, 4) is 12.3 Å². The fourth-order valence-electron chi connectivity index (χ4n) is 4.05. The minimum atomic E-state index is -0.787. The van der Waals surface area contributed by atoms with Crippen LogP contribution < -0.4 is 16.4 Å². The lowest BCUT2D eigenvalue weighted by Gasteiger charge is -2.23. The molecule has 1 aliphatic carbocycles. The second-order valence-electron chi connectivity index (χ2n) is 9.77. The molecular formula is C33H53N5O5. The van der Waals surface area contributed by atoms with Crippen LogP contribution in [-0.4, -0.2) is 55.0 Å². The Morgan fingerprint density at radius 2 is 2.00 bits per heavy atom. The van der Waals surface area contributed by atoms with E-state index in [0.29, 0.717) is 12.5 Å². The third-order valence-corrected chi connectivity index (χ3v) is 6.16. The zero-order chi connectivity index (χ0) is 32.5. The molecule has 3 aliphatic rings. The summed E-state index contributed by atoms with van der Waals surface area (Å²) in [5, 5.41) is 16.0. The predicted molar refractivity (Wildman–Crippen MR) is 175 cm³/mol. The van der Waals surface area contributed by atoms with Gasteiger partial charge in [-0.05, 0) is 83.5 Å². The van der Waals surface area contributed by atoms with Crippen LogP contribution in [0.15, 0.2) is 71.9 Å². The van der Waals surface area contributed by atoms with Crippen LogP contribution in [0.25, 0.3) is 0 Å². The molecule has 2 heterocycles. The van der Waals surface area contributed by atoms with E-state index < -0.39 is 22.9 Å². The summed E-state index contributed by atoms with van der Waals surface area (Å²) in [6, 6.07) is 0. The number of nitrogens with zero attached hydrogens (tertiary/aromatic N) is 2. The molecule has 2 unspecified atom stereocenters. The number of likely N-dealkylation sites (tertiary alicyclic amines) is 1. The summed E-state index contributed by atoms with van der Waals surface area (Å²) >= 11 is 0. The van der Waals surface area contributed by atoms with Gasteiger partial charge in [0.25, 0.3) is 0 Å². The molecule has 2 aliphatic heterocycles. The Morgan fingerprint density at radius 3 is 2.49 bits per heavy atom. The fourth-order valence-corrected chi connectivity index (χ4v) is 4.05. The van der Waals surface area contributed by atoms with Gasteiger partial charge in [0, 0.05) is 13.2 Å². The van der Waals surface area contributed by atoms with Gasteiger partial charge in [0.2, 0.25) is 0 Å². The second kappa shape index (κ2) is 24.8. The second-order valence-corrected chi connectivity index (χ2v) is 9.77. The molecule has 43 heavy (non-hydrogen) atoms. The highest BCUT2D eigenvalue weighted by atomic mass is 16.6. The van der Waals surface area contributed by atoms with E-state index in [1.54, 1.807) is 13.8 Å². The van der Waals surface area contributed by atoms with Crippen molar-refractivity contribution in [2.75, 3.05) is 32.8 Å². The van der Waals surface area contributed by atoms with E-state index in [9.17, 15) is 14.9 Å². The summed E-state index contributed by atoms with van der Waals surface area (Å²) in [5.74, 6) is 2.72. The van der Waals surface area contributed by atoms with Crippen molar-refractivity contribution < 1.29 is 19.2 Å². The minimum absolute atomic E-state index is 0.0452. The number of allylic oxidation sites excluding steroid dienone is 5. The van der Waals surface area contributed by atoms with Gasteiger partial charge in [0.1, 0.15) is 5.70 Å². The number of ether oxygens (including phenoxy) is 2. The Labute approximate surface area is 259 Å². The molecule has 2 atom stereocenters. The van der Waals surface area contributed by atoms with Crippen LogP contribution in [-0.2, 0) is 9.47 Å². The number of unbranched alkanes of at least 4 members (excludes halogenated alkanes) is 1. The zero-order valence-corrected chi connectivity index (χ0v) is 26.8. The standard InChI is InChI=1S/C14H21N.C12H20N4O5.C4H8.C3H4/c1-2-5-13-6-8-14(9-7-13)12-15-10-3-4-11-15;1-3-5-6-21-9-7-8(14-12(17)20-4-2)10(16(18)19)11(13)15-9;1-3-4-2;1-3-2/h2,5-6,8-9,13H,3-4,7,10-12H2,1H3;7,9,15H,3-6,13H2,1-2H3,(H,14,17);3H,1,4H2,2H3;1H,2H3/b5-2+;;;. The number of nitrogens with one attached hydrogen (secondary N) is 2. The number of carbonyl (C=O) groups excluding carboxylic acids is 1. The summed E-state index contributed by atoms with van der Waals surface area (Å²) in [4.78, 5) is 24.4. The zero-order valence-electron chi connectivity index (χ0n) is 26.8. The van der Waals surface area contributed by atoms with Gasteiger partial charge in [-0.1, -0.05) is 56.7 Å². The van der Waals surface area contributed by atoms with Crippen LogP contribution in [0.3, 0.4) is 0 Å². The SMILES string of the molecule is C#CC.C/C=C/C1C=CC(CN2CCCC2)=CC1.C=CCC.CCCCOC1C=C(NC(=O)OCC)C([N+](=O)[O-])=C(N)N1. The predicted octanol–water partition coefficient (Wildman–Crippen LogP) is 6.15. The molecule has 0 aromatic carbocycles. The number of rotatable bonds is 11. The molecule has 1 fully saturated rings. The van der Waals surface area contributed by atoms with Crippen LogP contribution in [0.5, 0.6) is 0 Å². The minimum Gasteiger partial charge on any atom is -0.450 e. The van der Waals surface area contributed by atoms with Gasteiger partial charge in [0.15, 0.2) is 12.0 Å². The highest BCUT2D eigenvalue weighted by molar-refractivity contribution is 5.70. The Morgan fingerprint density at radius 1 is 1.35 bits per heavy atom. The van der Waals surface area contributed by atoms with Crippen LogP contribution in [0, 0.1) is 28.4 Å². The van der Waals surface area contributed by atoms with Gasteiger partial charge < -0.3 is 20.5 Å². The maximum Gasteiger partial charge on any atom is 0.411 e. The molecule has 0 bridgehead atoms. The van der Waals surface area contributed by atoms with E-state index in [2.05, 4.69) is 78.7 Å². The van der Waals surface area contributed by atoms with Crippen molar-refractivity contribution in [2.45, 2.75) is 79.4 Å². The van der Waals surface area contributed by atoms with E-state index in [1.807, 2.05) is 13.0 Å². The van der Waals surface area contributed by atoms with Gasteiger partial charge >= 0.3 is 11.8 Å². The first kappa shape index (κ1) is 39.2. The van der Waals surface area contributed by atoms with E-state index >= 15 is 0 Å². The summed E-state index contributed by atoms with van der Waals surface area (Å²) in [6.45, 7) is 17.3. The van der Waals surface area contributed by atoms with Crippen molar-refractivity contribution >= 4 is 6.09 Å². The van der Waals surface area contributed by atoms with Crippen molar-refractivity contribution in [2.24, 2.45) is 11.7 Å². The maximum atomic E-state index is 11.4. The Kier molecular flexibility index (Phi) is 22.6. The number of carbonyl (C=O) groups is 1. The van der Waals surface area contributed by atoms with E-state index in [0.717, 1.165) is 19.3 Å². The number of dihydropyridines is 1. The lowest BCUT2D eigenvalue weighted by molar-refractivity contribution is -0.423. The summed E-state index contributed by atoms with van der Waals surface area (Å²) in [7, 11) is 0. The molecule has 3 rings (SSSR count). The lowest BCUT2D eigenvalue weighted by atomic mass is 9.96. The van der Waals surface area contributed by atoms with Crippen molar-refractivity contribution in [3.63, 3.8) is 0 Å². The summed E-state index contributed by atoms with van der Waals surface area (Å²) in [6.07, 6.45) is 24.8. The van der Waals surface area contributed by atoms with Crippen LogP contribution in [0.1, 0.15) is 73.1 Å². The van der Waals surface area contributed by atoms with E-state index in [1.165, 1.54) is 50.5 Å². The molecule has 0 saturated carbocycles. The average Bonchev–Trinajstić information content (AvgIpc) is 3.48. The number of nitro groups is 1. The number of nitrogens with two attached hydrogens (primary N) is 1. The topological polar surface area (TPSA) is 132 Å². The van der Waals surface area contributed by atoms with Gasteiger partial charge in [-0.25, -0.2) is 4.79 Å². The number of terminal acetylenes is 1. The number of hydrogen-bond acceptors (Lipinski definition) is 8. The quantitative estimate of drug-likeness (QED) is 0.0847. The van der Waals surface area contributed by atoms with Crippen molar-refractivity contribution in [3.05, 3.63) is 82.0 Å². The van der Waals surface area contributed by atoms with Crippen molar-refractivity contribution in [1.82, 2.24) is 15.5 Å². The first-order valence-corrected chi connectivity index (χ1v) is 15.1. The summed E-state index contributed by atoms with van der Waals surface area (Å²) in [5.41, 5.74) is 6.68. The fraction of sp³-hybridized carbons (Fsp3) is 0.545. The molecule has 0 aromatic heterocycles. The molecule has 0 spiro atoms. The van der Waals surface area contributed by atoms with Gasteiger partial charge in [-0.15, -0.1) is 18.9 Å². The molecule has 0 radical (unpaired) electrons. The number of alkyl carbamates (subject to hydrolysis) is 1. The van der Waals surface area contributed by atoms with Crippen molar-refractivity contribution in [1.29, 1.82) is 0 Å². The maximum absolute atomic E-state index is 11.4. The highest BCUT2D eigenvalue weighted by Gasteiger charge is 2.31. The normalized spacial score (nSPS) is 19.1. The van der Waals surface area contributed by atoms with E-state index in [4.69, 9.17) is 15.2 Å². The van der Waals surface area contributed by atoms with Gasteiger partial charge in [0.05, 0.1) is 11.5 Å². The molecule has 240 valence electrons. The molecular weight excluding hydrogens is 546 g/mol. The molecule has 4 N–H and O–H groups in total. The smallest absolute Gasteiger partial charge is 0.411 e. The Bertz CT molecular complexity index is 1030. The molecule has 1 amide bonds. The number of amides is 1. The largest absolute Gasteiger partial charge is 0.450 e. The van der Waals surface area contributed by atoms with Crippen LogP contribution in [0.4, 0.5) is 4.79 Å². The first-order chi connectivity index (χ1) is 20.7. The Hall–Kier alpha value is -3.81. The number of hydrogen-bond donors (Lipinski definition) is 3.